The van der Waals surface area contributed by atoms with Gasteiger partial charge in [0.15, 0.2) is 5.82 Å². The third kappa shape index (κ3) is 3.11. The predicted octanol–water partition coefficient (Wildman–Crippen LogP) is 2.87. The molecule has 0 aliphatic heterocycles. The number of nitrogen functional groups attached to an aromatic ring is 1. The quantitative estimate of drug-likeness (QED) is 0.901. The Kier molecular flexibility index (Phi) is 3.97. The summed E-state index contributed by atoms with van der Waals surface area (Å²) in [6.07, 6.45) is 1.14. The van der Waals surface area contributed by atoms with Gasteiger partial charge < -0.3 is 15.8 Å². The molecule has 0 radical (unpaired) electrons. The normalized spacial score (nSPS) is 10.7. The standard InChI is InChI=1S/C13H14F2N4O/c1-7(2)20-13-11(16)12(17-6-18-13)19-10-4-3-8(14)5-9(10)15/h3-7H,16H2,1-2H3,(H,17,18,19). The molecule has 0 amide bonds. The molecular weight excluding hydrogens is 266 g/mol. The molecule has 2 rings (SSSR count). The summed E-state index contributed by atoms with van der Waals surface area (Å²) >= 11 is 0. The Morgan fingerprint density at radius 1 is 1.25 bits per heavy atom. The van der Waals surface area contributed by atoms with Crippen molar-refractivity contribution in [2.45, 2.75) is 20.0 Å². The van der Waals surface area contributed by atoms with Gasteiger partial charge in [-0.3, -0.25) is 0 Å². The van der Waals surface area contributed by atoms with E-state index in [9.17, 15) is 8.78 Å². The van der Waals surface area contributed by atoms with Crippen molar-refractivity contribution in [1.29, 1.82) is 0 Å². The molecule has 0 spiro atoms. The monoisotopic (exact) mass is 280 g/mol. The molecule has 3 N–H and O–H groups in total. The van der Waals surface area contributed by atoms with Gasteiger partial charge in [-0.1, -0.05) is 0 Å². The molecule has 1 aromatic heterocycles. The Morgan fingerprint density at radius 2 is 2.00 bits per heavy atom. The fourth-order valence-electron chi connectivity index (χ4n) is 1.51. The van der Waals surface area contributed by atoms with E-state index in [1.54, 1.807) is 0 Å². The highest BCUT2D eigenvalue weighted by Crippen LogP contribution is 2.29. The van der Waals surface area contributed by atoms with E-state index in [0.717, 1.165) is 12.1 Å². The number of anilines is 3. The molecule has 20 heavy (non-hydrogen) atoms. The summed E-state index contributed by atoms with van der Waals surface area (Å²) in [5, 5.41) is 2.68. The van der Waals surface area contributed by atoms with Crippen LogP contribution in [0.4, 0.5) is 26.0 Å². The smallest absolute Gasteiger partial charge is 0.242 e. The number of nitrogens with zero attached hydrogens (tertiary/aromatic N) is 2. The van der Waals surface area contributed by atoms with E-state index in [0.29, 0.717) is 0 Å². The number of nitrogens with two attached hydrogens (primary N) is 1. The Hall–Kier alpha value is -2.44. The van der Waals surface area contributed by atoms with Crippen molar-refractivity contribution in [3.63, 3.8) is 0 Å². The Labute approximate surface area is 114 Å². The van der Waals surface area contributed by atoms with Crippen molar-refractivity contribution in [2.24, 2.45) is 0 Å². The van der Waals surface area contributed by atoms with E-state index in [-0.39, 0.29) is 29.2 Å². The first-order chi connectivity index (χ1) is 9.47. The first-order valence-corrected chi connectivity index (χ1v) is 5.96. The van der Waals surface area contributed by atoms with Crippen molar-refractivity contribution in [3.05, 3.63) is 36.2 Å². The van der Waals surface area contributed by atoms with E-state index < -0.39 is 11.6 Å². The van der Waals surface area contributed by atoms with Crippen molar-refractivity contribution < 1.29 is 13.5 Å². The van der Waals surface area contributed by atoms with Gasteiger partial charge in [-0.2, -0.15) is 4.98 Å². The number of halogens is 2. The molecule has 0 saturated carbocycles. The first-order valence-electron chi connectivity index (χ1n) is 5.96. The van der Waals surface area contributed by atoms with Crippen LogP contribution in [0.15, 0.2) is 24.5 Å². The molecule has 2 aromatic rings. The van der Waals surface area contributed by atoms with E-state index in [1.165, 1.54) is 12.4 Å². The van der Waals surface area contributed by atoms with Crippen LogP contribution >= 0.6 is 0 Å². The van der Waals surface area contributed by atoms with Gasteiger partial charge in [-0.05, 0) is 26.0 Å². The maximum absolute atomic E-state index is 13.6. The van der Waals surface area contributed by atoms with Gasteiger partial charge in [0.2, 0.25) is 5.88 Å². The zero-order valence-electron chi connectivity index (χ0n) is 11.0. The molecule has 0 aliphatic carbocycles. The van der Waals surface area contributed by atoms with E-state index in [1.807, 2.05) is 13.8 Å². The van der Waals surface area contributed by atoms with Crippen molar-refractivity contribution in [1.82, 2.24) is 9.97 Å². The second-order valence-corrected chi connectivity index (χ2v) is 4.36. The average molecular weight is 280 g/mol. The number of hydrogen-bond acceptors (Lipinski definition) is 5. The molecule has 1 aromatic carbocycles. The summed E-state index contributed by atoms with van der Waals surface area (Å²) in [6, 6.07) is 3.16. The summed E-state index contributed by atoms with van der Waals surface area (Å²) in [6.45, 7) is 3.66. The van der Waals surface area contributed by atoms with Crippen LogP contribution in [0.25, 0.3) is 0 Å². The van der Waals surface area contributed by atoms with Crippen LogP contribution in [0.5, 0.6) is 5.88 Å². The third-order valence-corrected chi connectivity index (χ3v) is 2.38. The van der Waals surface area contributed by atoms with Crippen LogP contribution in [-0.2, 0) is 0 Å². The minimum atomic E-state index is -0.741. The lowest BCUT2D eigenvalue weighted by atomic mass is 10.3. The Morgan fingerprint density at radius 3 is 2.65 bits per heavy atom. The predicted molar refractivity (Wildman–Crippen MR) is 71.8 cm³/mol. The SMILES string of the molecule is CC(C)Oc1ncnc(Nc2ccc(F)cc2F)c1N. The molecule has 1 heterocycles. The van der Waals surface area contributed by atoms with Gasteiger partial charge in [0.05, 0.1) is 11.8 Å². The van der Waals surface area contributed by atoms with Gasteiger partial charge in [0, 0.05) is 6.07 Å². The summed E-state index contributed by atoms with van der Waals surface area (Å²) in [5.74, 6) is -0.997. The lowest BCUT2D eigenvalue weighted by molar-refractivity contribution is 0.234. The van der Waals surface area contributed by atoms with Crippen LogP contribution in [0.1, 0.15) is 13.8 Å². The van der Waals surface area contributed by atoms with Crippen molar-refractivity contribution in [3.8, 4) is 5.88 Å². The van der Waals surface area contributed by atoms with Crippen LogP contribution in [0.3, 0.4) is 0 Å². The Bertz CT molecular complexity index is 619. The van der Waals surface area contributed by atoms with Crippen LogP contribution in [-0.4, -0.2) is 16.1 Å². The van der Waals surface area contributed by atoms with Gasteiger partial charge in [-0.15, -0.1) is 0 Å². The summed E-state index contributed by atoms with van der Waals surface area (Å²) < 4.78 is 31.8. The molecule has 0 aliphatic rings. The molecule has 0 fully saturated rings. The first kappa shape index (κ1) is 14.0. The highest BCUT2D eigenvalue weighted by atomic mass is 19.1. The Balaban J connectivity index is 2.29. The lowest BCUT2D eigenvalue weighted by Gasteiger charge is -2.14. The van der Waals surface area contributed by atoms with Gasteiger partial charge in [-0.25, -0.2) is 13.8 Å². The van der Waals surface area contributed by atoms with Crippen molar-refractivity contribution in [2.75, 3.05) is 11.1 Å². The molecule has 0 saturated heterocycles. The van der Waals surface area contributed by atoms with Crippen LogP contribution in [0.2, 0.25) is 0 Å². The highest BCUT2D eigenvalue weighted by molar-refractivity contribution is 5.72. The van der Waals surface area contributed by atoms with E-state index in [2.05, 4.69) is 15.3 Å². The third-order valence-electron chi connectivity index (χ3n) is 2.38. The van der Waals surface area contributed by atoms with Crippen molar-refractivity contribution >= 4 is 17.2 Å². The summed E-state index contributed by atoms with van der Waals surface area (Å²) in [5.41, 5.74) is 6.07. The van der Waals surface area contributed by atoms with Gasteiger partial charge >= 0.3 is 0 Å². The fraction of sp³-hybridized carbons (Fsp3) is 0.231. The average Bonchev–Trinajstić information content (AvgIpc) is 2.36. The molecule has 106 valence electrons. The number of aromatic nitrogens is 2. The van der Waals surface area contributed by atoms with Gasteiger partial charge in [0.1, 0.15) is 23.6 Å². The summed E-state index contributed by atoms with van der Waals surface area (Å²) in [7, 11) is 0. The second-order valence-electron chi connectivity index (χ2n) is 4.36. The van der Waals surface area contributed by atoms with Crippen LogP contribution in [0, 0.1) is 11.6 Å². The maximum atomic E-state index is 13.6. The second kappa shape index (κ2) is 5.68. The number of benzene rings is 1. The minimum Gasteiger partial charge on any atom is -0.473 e. The zero-order chi connectivity index (χ0) is 14.7. The van der Waals surface area contributed by atoms with E-state index in [4.69, 9.17) is 10.5 Å². The maximum Gasteiger partial charge on any atom is 0.242 e. The fourth-order valence-corrected chi connectivity index (χ4v) is 1.51. The zero-order valence-corrected chi connectivity index (χ0v) is 11.0. The minimum absolute atomic E-state index is 0.0623. The number of ether oxygens (including phenoxy) is 1. The lowest BCUT2D eigenvalue weighted by Crippen LogP contribution is -2.11. The topological polar surface area (TPSA) is 73.1 Å². The number of hydrogen-bond donors (Lipinski definition) is 2. The molecule has 0 unspecified atom stereocenters. The molecule has 0 bridgehead atoms. The summed E-state index contributed by atoms with van der Waals surface area (Å²) in [4.78, 5) is 7.82. The number of rotatable bonds is 4. The number of nitrogens with one attached hydrogen (secondary N) is 1. The molecule has 0 atom stereocenters. The molecule has 7 heteroatoms. The van der Waals surface area contributed by atoms with Gasteiger partial charge in [0.25, 0.3) is 0 Å². The van der Waals surface area contributed by atoms with Crippen LogP contribution < -0.4 is 15.8 Å². The van der Waals surface area contributed by atoms with E-state index >= 15 is 0 Å². The largest absolute Gasteiger partial charge is 0.473 e. The molecule has 5 nitrogen and oxygen atoms in total. The highest BCUT2D eigenvalue weighted by Gasteiger charge is 2.12. The molecular formula is C13H14F2N4O.